The fourth-order valence-electron chi connectivity index (χ4n) is 2.65. The second-order valence-electron chi connectivity index (χ2n) is 5.52. The van der Waals surface area contributed by atoms with E-state index in [2.05, 4.69) is 31.2 Å². The Labute approximate surface area is 129 Å². The van der Waals surface area contributed by atoms with Gasteiger partial charge in [0.2, 0.25) is 0 Å². The molecule has 1 unspecified atom stereocenters. The lowest BCUT2D eigenvalue weighted by Crippen LogP contribution is -2.29. The summed E-state index contributed by atoms with van der Waals surface area (Å²) in [5.74, 6) is 0. The van der Waals surface area contributed by atoms with Crippen molar-refractivity contribution in [3.05, 3.63) is 16.4 Å². The Morgan fingerprint density at radius 2 is 1.95 bits per heavy atom. The minimum Gasteiger partial charge on any atom is -0.314 e. The van der Waals surface area contributed by atoms with Crippen molar-refractivity contribution >= 4 is 11.6 Å². The smallest absolute Gasteiger partial charge is 0.0849 e. The molecule has 1 aromatic rings. The number of hydrogen-bond acceptors (Lipinski definition) is 2. The highest BCUT2D eigenvalue weighted by Gasteiger charge is 2.13. The molecule has 0 bridgehead atoms. The van der Waals surface area contributed by atoms with Gasteiger partial charge in [-0.1, -0.05) is 38.8 Å². The Balaban J connectivity index is 2.47. The average Bonchev–Trinajstić information content (AvgIpc) is 2.71. The molecule has 1 aromatic heterocycles. The molecule has 0 spiro atoms. The van der Waals surface area contributed by atoms with E-state index >= 15 is 0 Å². The van der Waals surface area contributed by atoms with Crippen molar-refractivity contribution in [2.45, 2.75) is 71.8 Å². The molecule has 0 aromatic carbocycles. The molecule has 1 N–H and O–H groups in total. The molecule has 0 aliphatic heterocycles. The normalized spacial score (nSPS) is 12.8. The Kier molecular flexibility index (Phi) is 8.24. The monoisotopic (exact) mass is 299 g/mol. The van der Waals surface area contributed by atoms with Crippen LogP contribution in [-0.2, 0) is 19.9 Å². The van der Waals surface area contributed by atoms with Crippen LogP contribution in [0, 0.1) is 0 Å². The van der Waals surface area contributed by atoms with Crippen molar-refractivity contribution in [1.82, 2.24) is 15.1 Å². The van der Waals surface area contributed by atoms with Gasteiger partial charge in [0, 0.05) is 13.1 Å². The number of aryl methyl sites for hydroxylation is 2. The van der Waals surface area contributed by atoms with Gasteiger partial charge in [-0.3, -0.25) is 4.68 Å². The zero-order chi connectivity index (χ0) is 15.0. The molecule has 1 rings (SSSR count). The van der Waals surface area contributed by atoms with Crippen LogP contribution in [0.25, 0.3) is 0 Å². The van der Waals surface area contributed by atoms with Crippen molar-refractivity contribution in [2.24, 2.45) is 7.05 Å². The summed E-state index contributed by atoms with van der Waals surface area (Å²) in [5, 5.41) is 9.01. The third-order valence-corrected chi connectivity index (χ3v) is 4.23. The van der Waals surface area contributed by atoms with Crippen LogP contribution in [0.3, 0.4) is 0 Å². The molecule has 0 amide bonds. The van der Waals surface area contributed by atoms with Crippen molar-refractivity contribution < 1.29 is 0 Å². The van der Waals surface area contributed by atoms with Crippen LogP contribution in [-0.4, -0.2) is 22.4 Å². The van der Waals surface area contributed by atoms with E-state index in [1.165, 1.54) is 37.8 Å². The van der Waals surface area contributed by atoms with E-state index < -0.39 is 0 Å². The van der Waals surface area contributed by atoms with Gasteiger partial charge in [0.05, 0.1) is 16.4 Å². The first-order valence-corrected chi connectivity index (χ1v) is 8.45. The number of aromatic nitrogens is 2. The molecule has 0 aliphatic carbocycles. The zero-order valence-electron chi connectivity index (χ0n) is 13.5. The van der Waals surface area contributed by atoms with E-state index in [4.69, 9.17) is 11.6 Å². The molecule has 0 saturated heterocycles. The lowest BCUT2D eigenvalue weighted by Gasteiger charge is -2.17. The highest BCUT2D eigenvalue weighted by Crippen LogP contribution is 2.22. The molecule has 1 heterocycles. The summed E-state index contributed by atoms with van der Waals surface area (Å²) in [6, 6.07) is 0.651. The number of hydrogen-bond donors (Lipinski definition) is 1. The summed E-state index contributed by atoms with van der Waals surface area (Å²) in [4.78, 5) is 0. The molecule has 3 nitrogen and oxygen atoms in total. The molecular formula is C16H30ClN3. The minimum absolute atomic E-state index is 0.651. The fourth-order valence-corrected chi connectivity index (χ4v) is 3.04. The van der Waals surface area contributed by atoms with E-state index in [-0.39, 0.29) is 0 Å². The summed E-state index contributed by atoms with van der Waals surface area (Å²) in [6.45, 7) is 7.70. The van der Waals surface area contributed by atoms with Gasteiger partial charge in [-0.15, -0.1) is 0 Å². The Hall–Kier alpha value is -0.540. The van der Waals surface area contributed by atoms with Crippen molar-refractivity contribution in [3.63, 3.8) is 0 Å². The lowest BCUT2D eigenvalue weighted by atomic mass is 10.0. The minimum atomic E-state index is 0.651. The second kappa shape index (κ2) is 9.41. The number of nitrogens with one attached hydrogen (secondary N) is 1. The van der Waals surface area contributed by atoms with Crippen LogP contribution >= 0.6 is 11.6 Å². The number of nitrogens with zero attached hydrogens (tertiary/aromatic N) is 2. The summed E-state index contributed by atoms with van der Waals surface area (Å²) < 4.78 is 1.95. The highest BCUT2D eigenvalue weighted by molar-refractivity contribution is 6.31. The largest absolute Gasteiger partial charge is 0.314 e. The third kappa shape index (κ3) is 5.10. The van der Waals surface area contributed by atoms with E-state index in [9.17, 15) is 0 Å². The van der Waals surface area contributed by atoms with Gasteiger partial charge in [0.25, 0.3) is 0 Å². The summed E-state index contributed by atoms with van der Waals surface area (Å²) in [5.41, 5.74) is 2.22. The predicted octanol–water partition coefficient (Wildman–Crippen LogP) is 4.13. The Morgan fingerprint density at radius 1 is 1.20 bits per heavy atom. The molecule has 4 heteroatoms. The zero-order valence-corrected chi connectivity index (χ0v) is 14.3. The summed E-state index contributed by atoms with van der Waals surface area (Å²) in [7, 11) is 2.00. The Bertz CT molecular complexity index is 387. The maximum absolute atomic E-state index is 6.39. The Morgan fingerprint density at radius 3 is 2.50 bits per heavy atom. The van der Waals surface area contributed by atoms with Crippen molar-refractivity contribution in [1.29, 1.82) is 0 Å². The average molecular weight is 300 g/mol. The van der Waals surface area contributed by atoms with Gasteiger partial charge in [-0.2, -0.15) is 5.10 Å². The van der Waals surface area contributed by atoms with Gasteiger partial charge in [-0.05, 0) is 45.1 Å². The summed E-state index contributed by atoms with van der Waals surface area (Å²) in [6.07, 6.45) is 8.03. The molecule has 20 heavy (non-hydrogen) atoms. The molecule has 1 atom stereocenters. The summed E-state index contributed by atoms with van der Waals surface area (Å²) >= 11 is 6.39. The van der Waals surface area contributed by atoms with Gasteiger partial charge in [0.1, 0.15) is 0 Å². The SMILES string of the molecule is CCCNC(CCC)CCCc1c(Cl)c(CC)nn1C. The van der Waals surface area contributed by atoms with Gasteiger partial charge in [0.15, 0.2) is 0 Å². The standard InChI is InChI=1S/C16H30ClN3/c1-5-9-13(18-12-6-2)10-8-11-15-16(17)14(7-3)19-20(15)4/h13,18H,5-12H2,1-4H3. The molecule has 0 radical (unpaired) electrons. The second-order valence-corrected chi connectivity index (χ2v) is 5.89. The van der Waals surface area contributed by atoms with Crippen LogP contribution in [0.1, 0.15) is 64.3 Å². The van der Waals surface area contributed by atoms with Crippen LogP contribution in [0.15, 0.2) is 0 Å². The molecule has 0 saturated carbocycles. The first-order chi connectivity index (χ1) is 9.63. The van der Waals surface area contributed by atoms with Gasteiger partial charge in [-0.25, -0.2) is 0 Å². The van der Waals surface area contributed by atoms with E-state index in [1.807, 2.05) is 11.7 Å². The molecule has 0 aliphatic rings. The fraction of sp³-hybridized carbons (Fsp3) is 0.812. The van der Waals surface area contributed by atoms with Crippen molar-refractivity contribution in [2.75, 3.05) is 6.54 Å². The molecular weight excluding hydrogens is 270 g/mol. The third-order valence-electron chi connectivity index (χ3n) is 3.79. The quantitative estimate of drug-likeness (QED) is 0.704. The van der Waals surface area contributed by atoms with E-state index in [0.29, 0.717) is 6.04 Å². The number of rotatable bonds is 10. The maximum Gasteiger partial charge on any atom is 0.0849 e. The lowest BCUT2D eigenvalue weighted by molar-refractivity contribution is 0.435. The molecule has 0 fully saturated rings. The maximum atomic E-state index is 6.39. The van der Waals surface area contributed by atoms with Crippen LogP contribution < -0.4 is 5.32 Å². The topological polar surface area (TPSA) is 29.9 Å². The predicted molar refractivity (Wildman–Crippen MR) is 87.5 cm³/mol. The van der Waals surface area contributed by atoms with Gasteiger partial charge >= 0.3 is 0 Å². The van der Waals surface area contributed by atoms with Crippen LogP contribution in [0.5, 0.6) is 0 Å². The van der Waals surface area contributed by atoms with Gasteiger partial charge < -0.3 is 5.32 Å². The van der Waals surface area contributed by atoms with Crippen molar-refractivity contribution in [3.8, 4) is 0 Å². The van der Waals surface area contributed by atoms with Crippen LogP contribution in [0.2, 0.25) is 5.02 Å². The first kappa shape index (κ1) is 17.5. The van der Waals surface area contributed by atoms with E-state index in [0.717, 1.165) is 30.1 Å². The molecule has 116 valence electrons. The number of halogens is 1. The highest BCUT2D eigenvalue weighted by atomic mass is 35.5. The first-order valence-electron chi connectivity index (χ1n) is 8.07. The van der Waals surface area contributed by atoms with Crippen LogP contribution in [0.4, 0.5) is 0 Å². The van der Waals surface area contributed by atoms with E-state index in [1.54, 1.807) is 0 Å².